The molecule has 2 aliphatic rings. The van der Waals surface area contributed by atoms with E-state index in [-0.39, 0.29) is 5.91 Å². The van der Waals surface area contributed by atoms with Gasteiger partial charge < -0.3 is 16.0 Å². The van der Waals surface area contributed by atoms with Crippen LogP contribution in [0.1, 0.15) is 40.9 Å². The van der Waals surface area contributed by atoms with Gasteiger partial charge in [0, 0.05) is 28.9 Å². The Morgan fingerprint density at radius 1 is 1.47 bits per heavy atom. The molecule has 5 heteroatoms. The molecule has 2 atom stereocenters. The molecule has 2 unspecified atom stereocenters. The molecular formula is C14H21N3OS. The lowest BCUT2D eigenvalue weighted by molar-refractivity contribution is 0.100. The van der Waals surface area contributed by atoms with Crippen LogP contribution in [0.4, 0.5) is 0 Å². The van der Waals surface area contributed by atoms with E-state index in [1.54, 1.807) is 11.3 Å². The summed E-state index contributed by atoms with van der Waals surface area (Å²) < 4.78 is 0. The van der Waals surface area contributed by atoms with Gasteiger partial charge in [0.2, 0.25) is 5.91 Å². The van der Waals surface area contributed by atoms with E-state index in [4.69, 9.17) is 5.73 Å². The molecular weight excluding hydrogens is 258 g/mol. The third-order valence-corrected chi connectivity index (χ3v) is 5.26. The van der Waals surface area contributed by atoms with Crippen LogP contribution in [0.3, 0.4) is 0 Å². The number of carbonyl (C=O) groups is 1. The number of amides is 1. The number of primary amides is 1. The van der Waals surface area contributed by atoms with Gasteiger partial charge in [-0.15, -0.1) is 11.3 Å². The predicted molar refractivity (Wildman–Crippen MR) is 77.3 cm³/mol. The topological polar surface area (TPSA) is 58.4 Å². The minimum absolute atomic E-state index is 0.332. The molecule has 3 rings (SSSR count). The maximum atomic E-state index is 11.0. The Morgan fingerprint density at radius 3 is 3.16 bits per heavy atom. The summed E-state index contributed by atoms with van der Waals surface area (Å²) in [5.74, 6) is -0.332. The number of nitrogens with zero attached hydrogens (tertiary/aromatic N) is 1. The zero-order valence-corrected chi connectivity index (χ0v) is 11.9. The van der Waals surface area contributed by atoms with Gasteiger partial charge in [0.15, 0.2) is 0 Å². The summed E-state index contributed by atoms with van der Waals surface area (Å²) in [5.41, 5.74) is 5.90. The van der Waals surface area contributed by atoms with Crippen molar-refractivity contribution in [1.82, 2.24) is 10.2 Å². The summed E-state index contributed by atoms with van der Waals surface area (Å²) in [5, 5.41) is 5.48. The average Bonchev–Trinajstić information content (AvgIpc) is 3.04. The van der Waals surface area contributed by atoms with Crippen LogP contribution in [0, 0.1) is 0 Å². The lowest BCUT2D eigenvalue weighted by Gasteiger charge is -2.35. The number of nitrogens with one attached hydrogen (secondary N) is 1. The quantitative estimate of drug-likeness (QED) is 0.879. The van der Waals surface area contributed by atoms with Gasteiger partial charge in [0.05, 0.1) is 5.56 Å². The van der Waals surface area contributed by atoms with Crippen molar-refractivity contribution in [2.24, 2.45) is 5.73 Å². The first kappa shape index (κ1) is 13.1. The maximum absolute atomic E-state index is 11.0. The molecule has 3 N–H and O–H groups in total. The van der Waals surface area contributed by atoms with E-state index < -0.39 is 0 Å². The minimum Gasteiger partial charge on any atom is -0.366 e. The molecule has 4 nitrogen and oxygen atoms in total. The lowest BCUT2D eigenvalue weighted by Crippen LogP contribution is -2.45. The second kappa shape index (κ2) is 5.61. The van der Waals surface area contributed by atoms with Crippen molar-refractivity contribution in [3.63, 3.8) is 0 Å². The van der Waals surface area contributed by atoms with Crippen molar-refractivity contribution in [2.45, 2.75) is 44.3 Å². The third-order valence-electron chi connectivity index (χ3n) is 4.32. The Kier molecular flexibility index (Phi) is 3.86. The van der Waals surface area contributed by atoms with Crippen LogP contribution in [0.15, 0.2) is 11.4 Å². The van der Waals surface area contributed by atoms with Crippen molar-refractivity contribution < 1.29 is 4.79 Å². The van der Waals surface area contributed by atoms with Crippen LogP contribution in [0.25, 0.3) is 0 Å². The van der Waals surface area contributed by atoms with Gasteiger partial charge in [0.1, 0.15) is 0 Å². The van der Waals surface area contributed by atoms with Gasteiger partial charge in [-0.05, 0) is 44.8 Å². The number of hydrogen-bond acceptors (Lipinski definition) is 4. The number of fused-ring (bicyclic) bond motifs is 1. The first-order valence-electron chi connectivity index (χ1n) is 7.07. The summed E-state index contributed by atoms with van der Waals surface area (Å²) in [6.45, 7) is 3.39. The van der Waals surface area contributed by atoms with Crippen LogP contribution in [-0.4, -0.2) is 36.0 Å². The van der Waals surface area contributed by atoms with E-state index in [1.165, 1.54) is 43.6 Å². The largest absolute Gasteiger partial charge is 0.366 e. The Bertz CT molecular complexity index is 459. The molecule has 1 aromatic rings. The van der Waals surface area contributed by atoms with Gasteiger partial charge in [-0.2, -0.15) is 0 Å². The average molecular weight is 279 g/mol. The Hall–Kier alpha value is -0.910. The van der Waals surface area contributed by atoms with Crippen LogP contribution in [-0.2, 0) is 6.54 Å². The maximum Gasteiger partial charge on any atom is 0.249 e. The van der Waals surface area contributed by atoms with E-state index in [2.05, 4.69) is 10.2 Å². The zero-order chi connectivity index (χ0) is 13.2. The highest BCUT2D eigenvalue weighted by molar-refractivity contribution is 7.10. The monoisotopic (exact) mass is 279 g/mol. The molecule has 0 aromatic carbocycles. The van der Waals surface area contributed by atoms with E-state index in [9.17, 15) is 4.79 Å². The molecule has 1 amide bonds. The molecule has 1 aromatic heterocycles. The van der Waals surface area contributed by atoms with Gasteiger partial charge in [0.25, 0.3) is 0 Å². The minimum atomic E-state index is -0.332. The molecule has 3 heterocycles. The summed E-state index contributed by atoms with van der Waals surface area (Å²) in [4.78, 5) is 14.9. The summed E-state index contributed by atoms with van der Waals surface area (Å²) in [7, 11) is 0. The fraction of sp³-hybridized carbons (Fsp3) is 0.643. The van der Waals surface area contributed by atoms with Crippen molar-refractivity contribution >= 4 is 17.2 Å². The van der Waals surface area contributed by atoms with E-state index in [1.807, 2.05) is 11.4 Å². The molecule has 0 spiro atoms. The molecule has 2 saturated heterocycles. The summed E-state index contributed by atoms with van der Waals surface area (Å²) >= 11 is 1.61. The van der Waals surface area contributed by atoms with E-state index >= 15 is 0 Å². The third kappa shape index (κ3) is 2.99. The highest BCUT2D eigenvalue weighted by Gasteiger charge is 2.31. The number of hydrogen-bond donors (Lipinski definition) is 2. The lowest BCUT2D eigenvalue weighted by atomic mass is 9.97. The Labute approximate surface area is 118 Å². The normalized spacial score (nSPS) is 27.4. The van der Waals surface area contributed by atoms with Crippen molar-refractivity contribution in [1.29, 1.82) is 0 Å². The molecule has 0 bridgehead atoms. The van der Waals surface area contributed by atoms with Gasteiger partial charge >= 0.3 is 0 Å². The molecule has 104 valence electrons. The Balaban J connectivity index is 1.50. The Morgan fingerprint density at radius 2 is 2.37 bits per heavy atom. The van der Waals surface area contributed by atoms with Crippen LogP contribution < -0.4 is 11.1 Å². The molecule has 2 fully saturated rings. The van der Waals surface area contributed by atoms with Crippen LogP contribution in [0.5, 0.6) is 0 Å². The second-order valence-electron chi connectivity index (χ2n) is 5.60. The first-order valence-corrected chi connectivity index (χ1v) is 7.95. The highest BCUT2D eigenvalue weighted by atomic mass is 32.1. The predicted octanol–water partition coefficient (Wildman–Crippen LogP) is 1.56. The van der Waals surface area contributed by atoms with Gasteiger partial charge in [-0.25, -0.2) is 0 Å². The molecule has 0 saturated carbocycles. The zero-order valence-electron chi connectivity index (χ0n) is 11.1. The van der Waals surface area contributed by atoms with Gasteiger partial charge in [-0.1, -0.05) is 0 Å². The van der Waals surface area contributed by atoms with Crippen LogP contribution in [0.2, 0.25) is 0 Å². The SMILES string of the molecule is NC(=O)c1csc(CNC2CCN3CCCC3C2)c1. The fourth-order valence-corrected chi connectivity index (χ4v) is 4.08. The number of thiophene rings is 1. The number of rotatable bonds is 4. The van der Waals surface area contributed by atoms with Crippen molar-refractivity contribution in [2.75, 3.05) is 13.1 Å². The number of carbonyl (C=O) groups excluding carboxylic acids is 1. The number of nitrogens with two attached hydrogens (primary N) is 1. The summed E-state index contributed by atoms with van der Waals surface area (Å²) in [6, 6.07) is 3.33. The molecule has 0 aliphatic carbocycles. The number of piperidine rings is 1. The van der Waals surface area contributed by atoms with Crippen LogP contribution >= 0.6 is 11.3 Å². The highest BCUT2D eigenvalue weighted by Crippen LogP contribution is 2.27. The molecule has 0 radical (unpaired) electrons. The second-order valence-corrected chi connectivity index (χ2v) is 6.60. The standard InChI is InChI=1S/C14H21N3OS/c15-14(18)10-6-13(19-9-10)8-16-11-3-5-17-4-1-2-12(17)7-11/h6,9,11-12,16H,1-5,7-8H2,(H2,15,18). The first-order chi connectivity index (χ1) is 9.22. The van der Waals surface area contributed by atoms with E-state index in [0.717, 1.165) is 12.6 Å². The smallest absolute Gasteiger partial charge is 0.249 e. The van der Waals surface area contributed by atoms with Crippen molar-refractivity contribution in [3.8, 4) is 0 Å². The summed E-state index contributed by atoms with van der Waals surface area (Å²) in [6.07, 6.45) is 5.24. The molecule has 19 heavy (non-hydrogen) atoms. The van der Waals surface area contributed by atoms with Crippen molar-refractivity contribution in [3.05, 3.63) is 21.9 Å². The fourth-order valence-electron chi connectivity index (χ4n) is 3.26. The molecule has 2 aliphatic heterocycles. The van der Waals surface area contributed by atoms with E-state index in [0.29, 0.717) is 11.6 Å². The van der Waals surface area contributed by atoms with Gasteiger partial charge in [-0.3, -0.25) is 4.79 Å².